The largest absolute Gasteiger partial charge is 0.320 e. The van der Waals surface area contributed by atoms with Gasteiger partial charge in [0.15, 0.2) is 0 Å². The fourth-order valence-electron chi connectivity index (χ4n) is 3.50. The van der Waals surface area contributed by atoms with Crippen LogP contribution in [0, 0.1) is 0 Å². The molecule has 3 aromatic carbocycles. The predicted octanol–water partition coefficient (Wildman–Crippen LogP) is 5.00. The molecule has 2 aromatic heterocycles. The summed E-state index contributed by atoms with van der Waals surface area (Å²) in [6.07, 6.45) is 1.98. The maximum atomic E-state index is 4.72. The van der Waals surface area contributed by atoms with Gasteiger partial charge in [0.05, 0.1) is 17.2 Å². The molecule has 3 nitrogen and oxygen atoms in total. The molecule has 0 radical (unpaired) electrons. The quantitative estimate of drug-likeness (QED) is 0.458. The van der Waals surface area contributed by atoms with Crippen molar-refractivity contribution >= 4 is 16.7 Å². The molecule has 0 aliphatic carbocycles. The molecule has 0 aliphatic heterocycles. The van der Waals surface area contributed by atoms with Crippen molar-refractivity contribution in [2.24, 2.45) is 0 Å². The summed E-state index contributed by atoms with van der Waals surface area (Å²) in [5, 5.41) is 0. The summed E-state index contributed by atoms with van der Waals surface area (Å²) in [5.41, 5.74) is 5.94. The van der Waals surface area contributed by atoms with Crippen LogP contribution in [0.15, 0.2) is 91.1 Å². The lowest BCUT2D eigenvalue weighted by molar-refractivity contribution is 0.858. The summed E-state index contributed by atoms with van der Waals surface area (Å²) in [4.78, 5) is 4.72. The summed E-state index contributed by atoms with van der Waals surface area (Å²) < 4.78 is 4.59. The summed E-state index contributed by atoms with van der Waals surface area (Å²) in [6.45, 7) is 0.831. The molecule has 5 rings (SSSR count). The first-order valence-corrected chi connectivity index (χ1v) is 8.46. The van der Waals surface area contributed by atoms with Gasteiger partial charge in [-0.25, -0.2) is 4.98 Å². The van der Waals surface area contributed by atoms with Crippen molar-refractivity contribution in [2.45, 2.75) is 6.54 Å². The van der Waals surface area contributed by atoms with Gasteiger partial charge < -0.3 is 4.57 Å². The Hall–Kier alpha value is -3.33. The van der Waals surface area contributed by atoms with Crippen LogP contribution in [-0.2, 0) is 6.54 Å². The molecular formula is C22H17N3. The molecule has 120 valence electrons. The van der Waals surface area contributed by atoms with Crippen molar-refractivity contribution in [3.63, 3.8) is 0 Å². The molecule has 5 aromatic rings. The van der Waals surface area contributed by atoms with Gasteiger partial charge in [-0.15, -0.1) is 0 Å². The normalized spacial score (nSPS) is 11.4. The van der Waals surface area contributed by atoms with Gasteiger partial charge in [-0.1, -0.05) is 72.8 Å². The first-order chi connectivity index (χ1) is 12.4. The highest BCUT2D eigenvalue weighted by atomic mass is 15.2. The molecular weight excluding hydrogens is 306 g/mol. The zero-order valence-electron chi connectivity index (χ0n) is 13.7. The summed E-state index contributed by atoms with van der Waals surface area (Å²) in [6, 6.07) is 29.5. The van der Waals surface area contributed by atoms with Gasteiger partial charge in [0.25, 0.3) is 0 Å². The van der Waals surface area contributed by atoms with E-state index in [1.54, 1.807) is 0 Å². The standard InChI is InChI=1S/C22H17N3/c1-3-9-17(10-4-1)16-24-19-13-7-8-14-20(19)25-21(24)15-23-22(25)18-11-5-2-6-12-18/h1-15H,16H2. The molecule has 0 amide bonds. The number of imidazole rings is 2. The van der Waals surface area contributed by atoms with Gasteiger partial charge in [-0.05, 0) is 17.7 Å². The number of para-hydroxylation sites is 2. The summed E-state index contributed by atoms with van der Waals surface area (Å²) in [5.74, 6) is 0.985. The fraction of sp³-hybridized carbons (Fsp3) is 0.0455. The number of hydrogen-bond donors (Lipinski definition) is 0. The molecule has 0 saturated heterocycles. The van der Waals surface area contributed by atoms with Gasteiger partial charge >= 0.3 is 0 Å². The van der Waals surface area contributed by atoms with E-state index in [-0.39, 0.29) is 0 Å². The van der Waals surface area contributed by atoms with E-state index < -0.39 is 0 Å². The highest BCUT2D eigenvalue weighted by Gasteiger charge is 2.15. The molecule has 3 heteroatoms. The number of hydrogen-bond acceptors (Lipinski definition) is 1. The molecule has 25 heavy (non-hydrogen) atoms. The average Bonchev–Trinajstić information content (AvgIpc) is 3.24. The lowest BCUT2D eigenvalue weighted by atomic mass is 10.2. The Labute approximate surface area is 145 Å². The maximum Gasteiger partial charge on any atom is 0.146 e. The highest BCUT2D eigenvalue weighted by Crippen LogP contribution is 2.28. The van der Waals surface area contributed by atoms with Crippen LogP contribution in [-0.4, -0.2) is 14.0 Å². The molecule has 0 bridgehead atoms. The van der Waals surface area contributed by atoms with Crippen molar-refractivity contribution < 1.29 is 0 Å². The molecule has 0 atom stereocenters. The SMILES string of the molecule is c1ccc(Cn2c3ccccc3n3c(-c4ccccc4)ncc23)cc1. The highest BCUT2D eigenvalue weighted by molar-refractivity contribution is 5.84. The monoisotopic (exact) mass is 323 g/mol. The van der Waals surface area contributed by atoms with Crippen LogP contribution in [0.25, 0.3) is 28.1 Å². The van der Waals surface area contributed by atoms with Gasteiger partial charge in [0, 0.05) is 12.1 Å². The second kappa shape index (κ2) is 5.64. The second-order valence-electron chi connectivity index (χ2n) is 6.20. The van der Waals surface area contributed by atoms with Crippen LogP contribution >= 0.6 is 0 Å². The molecule has 0 aliphatic rings. The lowest BCUT2D eigenvalue weighted by Gasteiger charge is -2.05. The topological polar surface area (TPSA) is 22.2 Å². The van der Waals surface area contributed by atoms with Crippen molar-refractivity contribution in [2.75, 3.05) is 0 Å². The van der Waals surface area contributed by atoms with Crippen molar-refractivity contribution in [1.29, 1.82) is 0 Å². The minimum absolute atomic E-state index is 0.831. The van der Waals surface area contributed by atoms with E-state index >= 15 is 0 Å². The zero-order chi connectivity index (χ0) is 16.6. The molecule has 0 spiro atoms. The summed E-state index contributed by atoms with van der Waals surface area (Å²) >= 11 is 0. The third-order valence-corrected chi connectivity index (χ3v) is 4.65. The van der Waals surface area contributed by atoms with Crippen molar-refractivity contribution in [3.05, 3.63) is 96.7 Å². The van der Waals surface area contributed by atoms with E-state index in [1.807, 2.05) is 12.3 Å². The maximum absolute atomic E-state index is 4.72. The van der Waals surface area contributed by atoms with Crippen LogP contribution in [0.3, 0.4) is 0 Å². The Bertz CT molecular complexity index is 1150. The van der Waals surface area contributed by atoms with E-state index in [0.717, 1.165) is 23.6 Å². The Morgan fingerprint density at radius 1 is 0.680 bits per heavy atom. The minimum Gasteiger partial charge on any atom is -0.320 e. The van der Waals surface area contributed by atoms with Crippen molar-refractivity contribution in [1.82, 2.24) is 14.0 Å². The first-order valence-electron chi connectivity index (χ1n) is 8.46. The Morgan fingerprint density at radius 2 is 1.32 bits per heavy atom. The predicted molar refractivity (Wildman–Crippen MR) is 102 cm³/mol. The van der Waals surface area contributed by atoms with E-state index in [2.05, 4.69) is 87.8 Å². The van der Waals surface area contributed by atoms with Crippen LogP contribution in [0.4, 0.5) is 0 Å². The van der Waals surface area contributed by atoms with Crippen LogP contribution in [0.2, 0.25) is 0 Å². The number of benzene rings is 3. The van der Waals surface area contributed by atoms with Crippen LogP contribution in [0.5, 0.6) is 0 Å². The smallest absolute Gasteiger partial charge is 0.146 e. The van der Waals surface area contributed by atoms with Crippen molar-refractivity contribution in [3.8, 4) is 11.4 Å². The number of nitrogens with zero attached hydrogens (tertiary/aromatic N) is 3. The Kier molecular flexibility index (Phi) is 3.17. The van der Waals surface area contributed by atoms with Gasteiger partial charge in [-0.2, -0.15) is 0 Å². The Morgan fingerprint density at radius 3 is 2.08 bits per heavy atom. The second-order valence-corrected chi connectivity index (χ2v) is 6.20. The van der Waals surface area contributed by atoms with E-state index in [0.29, 0.717) is 0 Å². The molecule has 0 saturated carbocycles. The molecule has 0 unspecified atom stereocenters. The average molecular weight is 323 g/mol. The van der Waals surface area contributed by atoms with E-state index in [1.165, 1.54) is 16.6 Å². The molecule has 0 fully saturated rings. The van der Waals surface area contributed by atoms with Gasteiger partial charge in [-0.3, -0.25) is 4.40 Å². The van der Waals surface area contributed by atoms with Gasteiger partial charge in [0.1, 0.15) is 11.5 Å². The zero-order valence-corrected chi connectivity index (χ0v) is 13.7. The minimum atomic E-state index is 0.831. The number of fused-ring (bicyclic) bond motifs is 3. The van der Waals surface area contributed by atoms with Crippen LogP contribution < -0.4 is 0 Å². The fourth-order valence-corrected chi connectivity index (χ4v) is 3.50. The number of rotatable bonds is 3. The molecule has 2 heterocycles. The van der Waals surface area contributed by atoms with E-state index in [4.69, 9.17) is 4.98 Å². The van der Waals surface area contributed by atoms with E-state index in [9.17, 15) is 0 Å². The first kappa shape index (κ1) is 14.1. The third kappa shape index (κ3) is 2.24. The molecule has 0 N–H and O–H groups in total. The summed E-state index contributed by atoms with van der Waals surface area (Å²) in [7, 11) is 0. The van der Waals surface area contributed by atoms with Crippen LogP contribution in [0.1, 0.15) is 5.56 Å². The Balaban J connectivity index is 1.79. The lowest BCUT2D eigenvalue weighted by Crippen LogP contribution is -1.99. The number of aromatic nitrogens is 3. The third-order valence-electron chi connectivity index (χ3n) is 4.65. The van der Waals surface area contributed by atoms with Gasteiger partial charge in [0.2, 0.25) is 0 Å².